The zero-order chi connectivity index (χ0) is 16.5. The van der Waals surface area contributed by atoms with Crippen molar-refractivity contribution in [1.29, 1.82) is 10.8 Å². The number of hydrogen-bond acceptors (Lipinski definition) is 8. The van der Waals surface area contributed by atoms with Crippen molar-refractivity contribution >= 4 is 58.0 Å². The Hall–Kier alpha value is -2.60. The van der Waals surface area contributed by atoms with Crippen molar-refractivity contribution in [3.8, 4) is 0 Å². The molecule has 0 spiro atoms. The Labute approximate surface area is 133 Å². The van der Waals surface area contributed by atoms with Crippen LogP contribution in [0, 0.1) is 10.8 Å². The minimum absolute atomic E-state index is 0.350. The van der Waals surface area contributed by atoms with E-state index in [0.29, 0.717) is 35.5 Å². The van der Waals surface area contributed by atoms with Gasteiger partial charge in [0, 0.05) is 11.4 Å². The first-order valence-corrected chi connectivity index (χ1v) is 6.94. The van der Waals surface area contributed by atoms with Crippen molar-refractivity contribution in [2.75, 3.05) is 10.6 Å². The quantitative estimate of drug-likeness (QED) is 0.267. The molecule has 1 aromatic rings. The lowest BCUT2D eigenvalue weighted by Gasteiger charge is -2.07. The third-order valence-corrected chi connectivity index (χ3v) is 2.62. The number of carbonyl (C=O) groups excluding carboxylic acids is 2. The summed E-state index contributed by atoms with van der Waals surface area (Å²) in [6.07, 6.45) is -1.59. The highest BCUT2D eigenvalue weighted by Gasteiger charge is 2.07. The predicted octanol–water partition coefficient (Wildman–Crippen LogP) is 1.87. The molecule has 0 aliphatic rings. The van der Waals surface area contributed by atoms with E-state index >= 15 is 0 Å². The van der Waals surface area contributed by atoms with Gasteiger partial charge in [0.1, 0.15) is 24.1 Å². The lowest BCUT2D eigenvalue weighted by molar-refractivity contribution is 0.222. The van der Waals surface area contributed by atoms with Crippen LogP contribution in [0.15, 0.2) is 24.3 Å². The zero-order valence-corrected chi connectivity index (χ0v) is 12.5. The Kier molecular flexibility index (Phi) is 6.85. The number of anilines is 2. The molecule has 22 heavy (non-hydrogen) atoms. The first kappa shape index (κ1) is 17.5. The maximum atomic E-state index is 11.3. The predicted molar refractivity (Wildman–Crippen MR) is 85.7 cm³/mol. The number of benzene rings is 1. The van der Waals surface area contributed by atoms with Crippen molar-refractivity contribution in [3.63, 3.8) is 0 Å². The molecular weight excluding hydrogens is 332 g/mol. The maximum absolute atomic E-state index is 11.3. The van der Waals surface area contributed by atoms with Crippen LogP contribution in [-0.4, -0.2) is 22.5 Å². The van der Waals surface area contributed by atoms with Gasteiger partial charge in [-0.2, -0.15) is 0 Å². The maximum Gasteiger partial charge on any atom is 0.424 e. The third kappa shape index (κ3) is 7.25. The number of rotatable bonds is 2. The van der Waals surface area contributed by atoms with Crippen LogP contribution in [0.2, 0.25) is 0 Å². The van der Waals surface area contributed by atoms with Crippen LogP contribution in [0.4, 0.5) is 21.0 Å². The fourth-order valence-corrected chi connectivity index (χ4v) is 1.49. The number of hydrogen-bond donors (Lipinski definition) is 6. The second-order valence-corrected chi connectivity index (χ2v) is 5.01. The average molecular weight is 344 g/mol. The Morgan fingerprint density at radius 1 is 0.864 bits per heavy atom. The Morgan fingerprint density at radius 2 is 1.18 bits per heavy atom. The van der Waals surface area contributed by atoms with Crippen LogP contribution in [0.1, 0.15) is 0 Å². The molecule has 0 saturated heterocycles. The summed E-state index contributed by atoms with van der Waals surface area (Å²) in [6.45, 7) is 0. The average Bonchev–Trinajstić information content (AvgIpc) is 2.45. The van der Waals surface area contributed by atoms with E-state index in [4.69, 9.17) is 22.3 Å². The summed E-state index contributed by atoms with van der Waals surface area (Å²) >= 11 is 0.847. The van der Waals surface area contributed by atoms with Gasteiger partial charge in [-0.3, -0.25) is 21.5 Å². The molecular formula is C10H12N6O4S2. The van der Waals surface area contributed by atoms with Crippen molar-refractivity contribution < 1.29 is 18.0 Å². The van der Waals surface area contributed by atoms with Gasteiger partial charge in [0.05, 0.1) is 0 Å². The lowest BCUT2D eigenvalue weighted by atomic mass is 10.3. The third-order valence-electron chi connectivity index (χ3n) is 1.79. The van der Waals surface area contributed by atoms with Crippen LogP contribution in [0.5, 0.6) is 0 Å². The van der Waals surface area contributed by atoms with E-state index < -0.39 is 12.2 Å². The summed E-state index contributed by atoms with van der Waals surface area (Å²) in [5.74, 6) is 0. The summed E-state index contributed by atoms with van der Waals surface area (Å²) in [6, 6.07) is 6.03. The van der Waals surface area contributed by atoms with Gasteiger partial charge in [0.15, 0.2) is 10.3 Å². The van der Waals surface area contributed by atoms with Gasteiger partial charge >= 0.3 is 12.2 Å². The van der Waals surface area contributed by atoms with Crippen molar-refractivity contribution in [1.82, 2.24) is 0 Å². The number of nitrogens with one attached hydrogen (secondary N) is 4. The summed E-state index contributed by atoms with van der Waals surface area (Å²) < 4.78 is 9.10. The van der Waals surface area contributed by atoms with Crippen molar-refractivity contribution in [3.05, 3.63) is 24.3 Å². The molecule has 0 heterocycles. The molecule has 1 rings (SSSR count). The molecule has 0 bridgehead atoms. The Balaban J connectivity index is 2.45. The van der Waals surface area contributed by atoms with Crippen LogP contribution in [0.25, 0.3) is 0 Å². The molecule has 0 radical (unpaired) electrons. The van der Waals surface area contributed by atoms with Gasteiger partial charge in [-0.25, -0.2) is 9.59 Å². The standard InChI is InChI=1S/C10H12N6O4S2/c11-7(12)21-19-9(17)15-5-1-2-6(4-3-5)16-10(18)20-22-8(13)14/h1-4H,(H3,11,12)(H3,13,14)(H,15,17)(H,16,18). The van der Waals surface area contributed by atoms with E-state index in [2.05, 4.69) is 19.0 Å². The largest absolute Gasteiger partial charge is 0.424 e. The fourth-order valence-electron chi connectivity index (χ4n) is 1.08. The normalized spacial score (nSPS) is 9.45. The Bertz CT molecular complexity index is 528. The molecule has 10 nitrogen and oxygen atoms in total. The summed E-state index contributed by atoms with van der Waals surface area (Å²) in [5, 5.41) is 17.8. The molecule has 2 amide bonds. The smallest absolute Gasteiger partial charge is 0.376 e. The first-order chi connectivity index (χ1) is 10.4. The fraction of sp³-hybridized carbons (Fsp3) is 0. The van der Waals surface area contributed by atoms with E-state index in [1.54, 1.807) is 0 Å². The molecule has 0 saturated carbocycles. The lowest BCUT2D eigenvalue weighted by Crippen LogP contribution is -2.14. The van der Waals surface area contributed by atoms with Crippen molar-refractivity contribution in [2.24, 2.45) is 11.5 Å². The molecule has 0 aliphatic heterocycles. The first-order valence-electron chi connectivity index (χ1n) is 5.46. The molecule has 12 heteroatoms. The van der Waals surface area contributed by atoms with E-state index in [-0.39, 0.29) is 10.3 Å². The van der Waals surface area contributed by atoms with Gasteiger partial charge in [-0.05, 0) is 24.3 Å². The molecule has 118 valence electrons. The Morgan fingerprint density at radius 3 is 1.45 bits per heavy atom. The highest BCUT2D eigenvalue weighted by Crippen LogP contribution is 2.15. The monoisotopic (exact) mass is 344 g/mol. The molecule has 0 unspecified atom stereocenters. The number of carbonyl (C=O) groups is 2. The van der Waals surface area contributed by atoms with Crippen molar-refractivity contribution in [2.45, 2.75) is 0 Å². The van der Waals surface area contributed by atoms with Gasteiger partial charge in [0.25, 0.3) is 0 Å². The topological polar surface area (TPSA) is 176 Å². The summed E-state index contributed by atoms with van der Waals surface area (Å²) in [4.78, 5) is 22.6. The molecule has 1 aromatic carbocycles. The molecule has 0 aliphatic carbocycles. The number of amides is 2. The van der Waals surface area contributed by atoms with Gasteiger partial charge < -0.3 is 19.8 Å². The van der Waals surface area contributed by atoms with E-state index in [1.165, 1.54) is 24.3 Å². The van der Waals surface area contributed by atoms with Crippen LogP contribution in [-0.2, 0) is 8.37 Å². The van der Waals surface area contributed by atoms with E-state index in [1.807, 2.05) is 0 Å². The van der Waals surface area contributed by atoms with E-state index in [9.17, 15) is 9.59 Å². The zero-order valence-electron chi connectivity index (χ0n) is 10.9. The molecule has 0 fully saturated rings. The molecule has 0 atom stereocenters. The molecule has 0 aromatic heterocycles. The second kappa shape index (κ2) is 8.63. The number of amidine groups is 2. The van der Waals surface area contributed by atoms with E-state index in [0.717, 1.165) is 0 Å². The van der Waals surface area contributed by atoms with Crippen LogP contribution < -0.4 is 22.1 Å². The van der Waals surface area contributed by atoms with Crippen LogP contribution >= 0.6 is 24.1 Å². The van der Waals surface area contributed by atoms with Gasteiger partial charge in [-0.15, -0.1) is 0 Å². The highest BCUT2D eigenvalue weighted by atomic mass is 32.2. The molecule has 8 N–H and O–H groups in total. The van der Waals surface area contributed by atoms with Gasteiger partial charge in [-0.1, -0.05) is 0 Å². The summed E-state index contributed by atoms with van der Waals surface area (Å²) in [5.41, 5.74) is 10.8. The van der Waals surface area contributed by atoms with Crippen LogP contribution in [0.3, 0.4) is 0 Å². The minimum atomic E-state index is -0.793. The van der Waals surface area contributed by atoms with Gasteiger partial charge in [0.2, 0.25) is 0 Å². The minimum Gasteiger partial charge on any atom is -0.376 e. The second-order valence-electron chi connectivity index (χ2n) is 3.46. The number of nitrogens with two attached hydrogens (primary N) is 2. The summed E-state index contributed by atoms with van der Waals surface area (Å²) in [7, 11) is 0. The highest BCUT2D eigenvalue weighted by molar-refractivity contribution is 8.10. The SMILES string of the molecule is N=C(N)SOC(=O)Nc1ccc(NC(=O)OSC(=N)N)cc1.